The van der Waals surface area contributed by atoms with E-state index in [4.69, 9.17) is 0 Å². The predicted octanol–water partition coefficient (Wildman–Crippen LogP) is 4.65. The Labute approximate surface area is 102 Å². The lowest BCUT2D eigenvalue weighted by molar-refractivity contribution is 1.09. The largest absolute Gasteiger partial charge is 0.143 e. The van der Waals surface area contributed by atoms with E-state index in [0.29, 0.717) is 0 Å². The van der Waals surface area contributed by atoms with Gasteiger partial charge in [0.25, 0.3) is 0 Å². The van der Waals surface area contributed by atoms with Crippen LogP contribution in [0.4, 0.5) is 0 Å². The number of fused-ring (bicyclic) bond motifs is 1. The summed E-state index contributed by atoms with van der Waals surface area (Å²) in [6.45, 7) is 2.17. The molecule has 0 radical (unpaired) electrons. The molecular weight excluding hydrogens is 276 g/mol. The van der Waals surface area contributed by atoms with Gasteiger partial charge in [0.05, 0.1) is 0 Å². The first-order valence-electron chi connectivity index (χ1n) is 4.54. The molecule has 0 saturated heterocycles. The summed E-state index contributed by atoms with van der Waals surface area (Å²) in [4.78, 5) is 1.15. The third kappa shape index (κ3) is 1.62. The van der Waals surface area contributed by atoms with E-state index in [9.17, 15) is 0 Å². The van der Waals surface area contributed by atoms with Gasteiger partial charge < -0.3 is 0 Å². The van der Waals surface area contributed by atoms with Crippen molar-refractivity contribution in [3.05, 3.63) is 28.6 Å². The monoisotopic (exact) mass is 286 g/mol. The van der Waals surface area contributed by atoms with E-state index in [1.807, 2.05) is 0 Å². The van der Waals surface area contributed by atoms with E-state index in [1.54, 1.807) is 11.3 Å². The molecule has 0 N–H and O–H groups in total. The van der Waals surface area contributed by atoms with Crippen molar-refractivity contribution in [2.45, 2.75) is 23.6 Å². The smallest absolute Gasteiger partial charge is 0.0394 e. The Morgan fingerprint density at radius 2 is 2.21 bits per heavy atom. The van der Waals surface area contributed by atoms with Crippen molar-refractivity contribution < 1.29 is 0 Å². The summed E-state index contributed by atoms with van der Waals surface area (Å²) in [6.07, 6.45) is 1.05. The number of rotatable bonds is 2. The van der Waals surface area contributed by atoms with Gasteiger partial charge in [-0.2, -0.15) is 0 Å². The number of hydrogen-bond acceptors (Lipinski definition) is 2. The first-order valence-corrected chi connectivity index (χ1v) is 6.99. The van der Waals surface area contributed by atoms with Crippen LogP contribution < -0.4 is 0 Å². The summed E-state index contributed by atoms with van der Waals surface area (Å²) in [6, 6.07) is 4.42. The Bertz CT molecular complexity index is 460. The Morgan fingerprint density at radius 3 is 2.86 bits per heavy atom. The van der Waals surface area contributed by atoms with Gasteiger partial charge in [0.2, 0.25) is 0 Å². The second kappa shape index (κ2) is 4.25. The average Bonchev–Trinajstić information content (AvgIpc) is 2.68. The lowest BCUT2D eigenvalue weighted by Crippen LogP contribution is -1.87. The van der Waals surface area contributed by atoms with Crippen LogP contribution in [-0.4, -0.2) is 0 Å². The maximum atomic E-state index is 4.59. The number of aryl methyl sites for hydroxylation is 1. The average molecular weight is 287 g/mol. The van der Waals surface area contributed by atoms with Gasteiger partial charge in [0, 0.05) is 20.3 Å². The highest BCUT2D eigenvalue weighted by atomic mass is 79.9. The Balaban J connectivity index is 2.80. The van der Waals surface area contributed by atoms with Gasteiger partial charge >= 0.3 is 0 Å². The number of hydrogen-bond donors (Lipinski definition) is 1. The van der Waals surface area contributed by atoms with Crippen LogP contribution in [0.3, 0.4) is 0 Å². The molecule has 1 heterocycles. The molecule has 0 amide bonds. The summed E-state index contributed by atoms with van der Waals surface area (Å²) in [5, 5.41) is 4.35. The molecule has 0 aliphatic rings. The molecule has 0 unspecified atom stereocenters. The van der Waals surface area contributed by atoms with Crippen LogP contribution in [0.2, 0.25) is 0 Å². The molecule has 1 aromatic carbocycles. The van der Waals surface area contributed by atoms with E-state index in [1.165, 1.54) is 21.2 Å². The van der Waals surface area contributed by atoms with E-state index in [0.717, 1.165) is 16.6 Å². The summed E-state index contributed by atoms with van der Waals surface area (Å²) >= 11 is 9.91. The quantitative estimate of drug-likeness (QED) is 0.603. The van der Waals surface area contributed by atoms with Gasteiger partial charge in [-0.3, -0.25) is 0 Å². The minimum absolute atomic E-state index is 0.922. The van der Waals surface area contributed by atoms with Crippen LogP contribution in [0.1, 0.15) is 18.1 Å². The maximum absolute atomic E-state index is 4.59. The second-order valence-electron chi connectivity index (χ2n) is 3.19. The van der Waals surface area contributed by atoms with Gasteiger partial charge in [-0.1, -0.05) is 28.9 Å². The Morgan fingerprint density at radius 1 is 1.43 bits per heavy atom. The molecule has 0 aliphatic carbocycles. The van der Waals surface area contributed by atoms with Gasteiger partial charge in [-0.05, 0) is 29.0 Å². The lowest BCUT2D eigenvalue weighted by atomic mass is 10.1. The van der Waals surface area contributed by atoms with Crippen molar-refractivity contribution in [3.8, 4) is 0 Å². The molecule has 0 fully saturated rings. The molecule has 14 heavy (non-hydrogen) atoms. The summed E-state index contributed by atoms with van der Waals surface area (Å²) in [5.41, 5.74) is 2.72. The molecule has 0 aliphatic heterocycles. The number of benzene rings is 1. The Hall–Kier alpha value is 0.01000. The standard InChI is InChI=1S/C11H11BrS2/c1-2-7-5-8(6-12)11-9(10(7)13)3-4-14-11/h3-5,13H,2,6H2,1H3. The van der Waals surface area contributed by atoms with Gasteiger partial charge in [-0.25, -0.2) is 0 Å². The minimum Gasteiger partial charge on any atom is -0.143 e. The first kappa shape index (κ1) is 10.5. The normalized spacial score (nSPS) is 11.1. The van der Waals surface area contributed by atoms with Crippen molar-refractivity contribution in [2.75, 3.05) is 0 Å². The van der Waals surface area contributed by atoms with Crippen molar-refractivity contribution in [1.29, 1.82) is 0 Å². The highest BCUT2D eigenvalue weighted by Crippen LogP contribution is 2.34. The van der Waals surface area contributed by atoms with Crippen LogP contribution in [0.15, 0.2) is 22.4 Å². The third-order valence-electron chi connectivity index (χ3n) is 2.39. The zero-order chi connectivity index (χ0) is 10.1. The van der Waals surface area contributed by atoms with Crippen molar-refractivity contribution in [1.82, 2.24) is 0 Å². The number of thiol groups is 1. The number of thiophene rings is 1. The lowest BCUT2D eigenvalue weighted by Gasteiger charge is -2.07. The highest BCUT2D eigenvalue weighted by Gasteiger charge is 2.08. The fourth-order valence-corrected chi connectivity index (χ4v) is 3.66. The highest BCUT2D eigenvalue weighted by molar-refractivity contribution is 9.08. The van der Waals surface area contributed by atoms with Crippen LogP contribution in [0.25, 0.3) is 10.1 Å². The van der Waals surface area contributed by atoms with Gasteiger partial charge in [0.15, 0.2) is 0 Å². The third-order valence-corrected chi connectivity index (χ3v) is 4.51. The fraction of sp³-hybridized carbons (Fsp3) is 0.273. The minimum atomic E-state index is 0.922. The number of alkyl halides is 1. The van der Waals surface area contributed by atoms with E-state index in [2.05, 4.69) is 53.0 Å². The molecule has 0 bridgehead atoms. The van der Waals surface area contributed by atoms with Crippen LogP contribution in [-0.2, 0) is 11.8 Å². The van der Waals surface area contributed by atoms with Crippen molar-refractivity contribution in [2.24, 2.45) is 0 Å². The van der Waals surface area contributed by atoms with Crippen LogP contribution >= 0.6 is 39.9 Å². The van der Waals surface area contributed by atoms with Crippen molar-refractivity contribution >= 4 is 50.0 Å². The van der Waals surface area contributed by atoms with E-state index >= 15 is 0 Å². The topological polar surface area (TPSA) is 0 Å². The molecule has 1 aromatic heterocycles. The SMILES string of the molecule is CCc1cc(CBr)c2sccc2c1S. The van der Waals surface area contributed by atoms with Gasteiger partial charge in [0.1, 0.15) is 0 Å². The first-order chi connectivity index (χ1) is 6.77. The molecule has 2 rings (SSSR count). The molecule has 0 saturated carbocycles. The summed E-state index contributed by atoms with van der Waals surface area (Å²) in [5.74, 6) is 0. The molecule has 3 heteroatoms. The molecule has 0 spiro atoms. The maximum Gasteiger partial charge on any atom is 0.0394 e. The summed E-state index contributed by atoms with van der Waals surface area (Å²) < 4.78 is 1.36. The van der Waals surface area contributed by atoms with E-state index < -0.39 is 0 Å². The number of halogens is 1. The molecular formula is C11H11BrS2. The van der Waals surface area contributed by atoms with Crippen LogP contribution in [0.5, 0.6) is 0 Å². The molecule has 74 valence electrons. The van der Waals surface area contributed by atoms with Crippen LogP contribution in [0, 0.1) is 0 Å². The predicted molar refractivity (Wildman–Crippen MR) is 71.1 cm³/mol. The molecule has 0 nitrogen and oxygen atoms in total. The zero-order valence-electron chi connectivity index (χ0n) is 7.88. The molecule has 2 aromatic rings. The molecule has 0 atom stereocenters. The summed E-state index contributed by atoms with van der Waals surface area (Å²) in [7, 11) is 0. The zero-order valence-corrected chi connectivity index (χ0v) is 11.2. The van der Waals surface area contributed by atoms with Gasteiger partial charge in [-0.15, -0.1) is 24.0 Å². The Kier molecular flexibility index (Phi) is 3.20. The second-order valence-corrected chi connectivity index (χ2v) is 5.12. The van der Waals surface area contributed by atoms with Crippen molar-refractivity contribution in [3.63, 3.8) is 0 Å². The fourth-order valence-electron chi connectivity index (χ4n) is 1.63. The van der Waals surface area contributed by atoms with E-state index in [-0.39, 0.29) is 0 Å².